The summed E-state index contributed by atoms with van der Waals surface area (Å²) in [5.74, 6) is 0.177. The molecule has 0 saturated carbocycles. The van der Waals surface area contributed by atoms with Gasteiger partial charge >= 0.3 is 0 Å². The molecule has 0 atom stereocenters. The number of ether oxygens (including phenoxy) is 1. The quantitative estimate of drug-likeness (QED) is 0.390. The predicted octanol–water partition coefficient (Wildman–Crippen LogP) is 4.75. The molecule has 6 nitrogen and oxygen atoms in total. The highest BCUT2D eigenvalue weighted by molar-refractivity contribution is 9.10. The lowest BCUT2D eigenvalue weighted by Crippen LogP contribution is -2.18. The zero-order valence-corrected chi connectivity index (χ0v) is 17.8. The maximum atomic E-state index is 12.2. The van der Waals surface area contributed by atoms with Gasteiger partial charge in [-0.25, -0.2) is 5.43 Å². The molecule has 152 valence electrons. The SMILES string of the molecule is CC(=O)Nc1cccc(C(=O)N/N=C\c2ccc(OCc3ccc(Br)cc3)cc2)c1. The highest BCUT2D eigenvalue weighted by atomic mass is 79.9. The summed E-state index contributed by atoms with van der Waals surface area (Å²) >= 11 is 3.41. The van der Waals surface area contributed by atoms with E-state index in [1.807, 2.05) is 48.5 Å². The molecule has 2 N–H and O–H groups in total. The summed E-state index contributed by atoms with van der Waals surface area (Å²) in [4.78, 5) is 23.3. The number of benzene rings is 3. The second-order valence-corrected chi connectivity index (χ2v) is 7.36. The first kappa shape index (κ1) is 21.3. The number of nitrogens with one attached hydrogen (secondary N) is 2. The fraction of sp³-hybridized carbons (Fsp3) is 0.0870. The minimum absolute atomic E-state index is 0.199. The van der Waals surface area contributed by atoms with Crippen molar-refractivity contribution in [1.29, 1.82) is 0 Å². The number of rotatable bonds is 7. The van der Waals surface area contributed by atoms with Gasteiger partial charge in [0.25, 0.3) is 5.91 Å². The first-order valence-corrected chi connectivity index (χ1v) is 9.97. The summed E-state index contributed by atoms with van der Waals surface area (Å²) in [6.07, 6.45) is 1.55. The van der Waals surface area contributed by atoms with Crippen LogP contribution in [0.5, 0.6) is 5.75 Å². The van der Waals surface area contributed by atoms with Crippen LogP contribution in [0.15, 0.2) is 82.4 Å². The molecule has 0 radical (unpaired) electrons. The van der Waals surface area contributed by atoms with Gasteiger partial charge in [0.15, 0.2) is 0 Å². The number of hydrogen-bond acceptors (Lipinski definition) is 4. The minimum atomic E-state index is -0.368. The summed E-state index contributed by atoms with van der Waals surface area (Å²) in [5.41, 5.74) is 5.32. The van der Waals surface area contributed by atoms with Crippen LogP contribution in [0.1, 0.15) is 28.4 Å². The Kier molecular flexibility index (Phi) is 7.34. The average Bonchev–Trinajstić information content (AvgIpc) is 2.74. The Balaban J connectivity index is 1.51. The van der Waals surface area contributed by atoms with Gasteiger partial charge in [-0.15, -0.1) is 0 Å². The Labute approximate surface area is 183 Å². The van der Waals surface area contributed by atoms with E-state index in [0.717, 1.165) is 21.3 Å². The van der Waals surface area contributed by atoms with Gasteiger partial charge in [0.05, 0.1) is 6.21 Å². The van der Waals surface area contributed by atoms with E-state index in [4.69, 9.17) is 4.74 Å². The normalized spacial score (nSPS) is 10.6. The van der Waals surface area contributed by atoms with Crippen molar-refractivity contribution in [3.63, 3.8) is 0 Å². The van der Waals surface area contributed by atoms with Crippen molar-refractivity contribution in [3.8, 4) is 5.75 Å². The van der Waals surface area contributed by atoms with E-state index in [0.29, 0.717) is 17.9 Å². The standard InChI is InChI=1S/C23H20BrN3O3/c1-16(28)26-21-4-2-3-19(13-21)23(29)27-25-14-17-7-11-22(12-8-17)30-15-18-5-9-20(24)10-6-18/h2-14H,15H2,1H3,(H,26,28)(H,27,29)/b25-14-. The third-order valence-electron chi connectivity index (χ3n) is 4.02. The second kappa shape index (κ2) is 10.4. The number of anilines is 1. The van der Waals surface area contributed by atoms with Crippen LogP contribution >= 0.6 is 15.9 Å². The molecule has 0 bridgehead atoms. The van der Waals surface area contributed by atoms with Crippen LogP contribution in [0.2, 0.25) is 0 Å². The Morgan fingerprint density at radius 3 is 2.47 bits per heavy atom. The third kappa shape index (κ3) is 6.56. The molecule has 30 heavy (non-hydrogen) atoms. The molecule has 0 aromatic heterocycles. The van der Waals surface area contributed by atoms with E-state index in [1.54, 1.807) is 30.5 Å². The van der Waals surface area contributed by atoms with E-state index < -0.39 is 0 Å². The van der Waals surface area contributed by atoms with Crippen molar-refractivity contribution >= 4 is 39.6 Å². The number of halogens is 1. The molecule has 0 aliphatic heterocycles. The van der Waals surface area contributed by atoms with Crippen molar-refractivity contribution in [2.75, 3.05) is 5.32 Å². The van der Waals surface area contributed by atoms with Crippen LogP contribution in [-0.4, -0.2) is 18.0 Å². The fourth-order valence-electron chi connectivity index (χ4n) is 2.57. The monoisotopic (exact) mass is 465 g/mol. The molecule has 0 aliphatic rings. The van der Waals surface area contributed by atoms with E-state index in [9.17, 15) is 9.59 Å². The van der Waals surface area contributed by atoms with Crippen LogP contribution in [0, 0.1) is 0 Å². The maximum Gasteiger partial charge on any atom is 0.271 e. The fourth-order valence-corrected chi connectivity index (χ4v) is 2.83. The van der Waals surface area contributed by atoms with Crippen LogP contribution in [-0.2, 0) is 11.4 Å². The lowest BCUT2D eigenvalue weighted by Gasteiger charge is -2.07. The molecule has 2 amide bonds. The van der Waals surface area contributed by atoms with Gasteiger partial charge in [-0.2, -0.15) is 5.10 Å². The highest BCUT2D eigenvalue weighted by Crippen LogP contribution is 2.15. The van der Waals surface area contributed by atoms with E-state index in [-0.39, 0.29) is 11.8 Å². The summed E-state index contributed by atoms with van der Waals surface area (Å²) < 4.78 is 6.80. The van der Waals surface area contributed by atoms with Gasteiger partial charge in [0.1, 0.15) is 12.4 Å². The Hall–Kier alpha value is -3.45. The lowest BCUT2D eigenvalue weighted by atomic mass is 10.2. The molecule has 0 heterocycles. The first-order valence-electron chi connectivity index (χ1n) is 9.18. The maximum absolute atomic E-state index is 12.2. The van der Waals surface area contributed by atoms with E-state index in [2.05, 4.69) is 31.8 Å². The van der Waals surface area contributed by atoms with Crippen molar-refractivity contribution in [1.82, 2.24) is 5.43 Å². The van der Waals surface area contributed by atoms with Gasteiger partial charge in [0.2, 0.25) is 5.91 Å². The van der Waals surface area contributed by atoms with E-state index in [1.165, 1.54) is 6.92 Å². The molecule has 3 aromatic rings. The number of nitrogens with zero attached hydrogens (tertiary/aromatic N) is 1. The number of carbonyl (C=O) groups excluding carboxylic acids is 2. The van der Waals surface area contributed by atoms with Crippen LogP contribution in [0.3, 0.4) is 0 Å². The number of carbonyl (C=O) groups is 2. The topological polar surface area (TPSA) is 79.8 Å². The zero-order valence-electron chi connectivity index (χ0n) is 16.3. The van der Waals surface area contributed by atoms with Gasteiger partial charge in [-0.05, 0) is 65.7 Å². The van der Waals surface area contributed by atoms with Crippen molar-refractivity contribution in [3.05, 3.63) is 94.0 Å². The van der Waals surface area contributed by atoms with Crippen LogP contribution < -0.4 is 15.5 Å². The van der Waals surface area contributed by atoms with E-state index >= 15 is 0 Å². The largest absolute Gasteiger partial charge is 0.489 e. The first-order chi connectivity index (χ1) is 14.5. The lowest BCUT2D eigenvalue weighted by molar-refractivity contribution is -0.114. The Morgan fingerprint density at radius 1 is 1.03 bits per heavy atom. The van der Waals surface area contributed by atoms with Gasteiger partial charge in [0, 0.05) is 22.6 Å². The van der Waals surface area contributed by atoms with Gasteiger partial charge in [-0.1, -0.05) is 34.1 Å². The molecule has 0 spiro atoms. The second-order valence-electron chi connectivity index (χ2n) is 6.45. The Morgan fingerprint density at radius 2 is 1.77 bits per heavy atom. The van der Waals surface area contributed by atoms with Crippen LogP contribution in [0.25, 0.3) is 0 Å². The molecular formula is C23H20BrN3O3. The molecular weight excluding hydrogens is 446 g/mol. The number of amides is 2. The number of hydrogen-bond donors (Lipinski definition) is 2. The molecule has 0 unspecified atom stereocenters. The average molecular weight is 466 g/mol. The number of hydrazone groups is 1. The molecule has 0 aliphatic carbocycles. The zero-order chi connectivity index (χ0) is 21.3. The molecule has 0 fully saturated rings. The molecule has 0 saturated heterocycles. The van der Waals surface area contributed by atoms with Crippen molar-refractivity contribution in [2.45, 2.75) is 13.5 Å². The van der Waals surface area contributed by atoms with Gasteiger partial charge < -0.3 is 10.1 Å². The highest BCUT2D eigenvalue weighted by Gasteiger charge is 2.05. The Bertz CT molecular complexity index is 1050. The smallest absolute Gasteiger partial charge is 0.271 e. The molecule has 7 heteroatoms. The summed E-state index contributed by atoms with van der Waals surface area (Å²) in [6, 6.07) is 22.0. The summed E-state index contributed by atoms with van der Waals surface area (Å²) in [7, 11) is 0. The summed E-state index contributed by atoms with van der Waals surface area (Å²) in [6.45, 7) is 1.89. The van der Waals surface area contributed by atoms with Crippen molar-refractivity contribution in [2.24, 2.45) is 5.10 Å². The predicted molar refractivity (Wildman–Crippen MR) is 121 cm³/mol. The third-order valence-corrected chi connectivity index (χ3v) is 4.55. The van der Waals surface area contributed by atoms with Crippen LogP contribution in [0.4, 0.5) is 5.69 Å². The van der Waals surface area contributed by atoms with Gasteiger partial charge in [-0.3, -0.25) is 9.59 Å². The molecule has 3 aromatic carbocycles. The minimum Gasteiger partial charge on any atom is -0.489 e. The van der Waals surface area contributed by atoms with Crippen molar-refractivity contribution < 1.29 is 14.3 Å². The summed E-state index contributed by atoms with van der Waals surface area (Å²) in [5, 5.41) is 6.62. The molecule has 3 rings (SSSR count).